The van der Waals surface area contributed by atoms with Crippen LogP contribution in [0.25, 0.3) is 15.5 Å². The number of fused-ring (bicyclic) bond motifs is 1. The van der Waals surface area contributed by atoms with E-state index in [2.05, 4.69) is 15.3 Å². The second kappa shape index (κ2) is 4.94. The Labute approximate surface area is 129 Å². The lowest BCUT2D eigenvalue weighted by Gasteiger charge is -2.04. The average molecular weight is 322 g/mol. The summed E-state index contributed by atoms with van der Waals surface area (Å²) < 4.78 is 7.42. The lowest BCUT2D eigenvalue weighted by Crippen LogP contribution is -2.03. The van der Waals surface area contributed by atoms with Gasteiger partial charge < -0.3 is 10.5 Å². The van der Waals surface area contributed by atoms with E-state index < -0.39 is 0 Å². The Kier molecular flexibility index (Phi) is 3.06. The van der Waals surface area contributed by atoms with Crippen LogP contribution in [0.4, 0.5) is 5.69 Å². The first kappa shape index (κ1) is 13.0. The van der Waals surface area contributed by atoms with Crippen LogP contribution in [0.5, 0.6) is 0 Å². The van der Waals surface area contributed by atoms with Crippen LogP contribution in [-0.2, 0) is 4.74 Å². The highest BCUT2D eigenvalue weighted by Crippen LogP contribution is 2.32. The third kappa shape index (κ3) is 2.17. The molecule has 1 unspecified atom stereocenters. The molecule has 6 nitrogen and oxygen atoms in total. The van der Waals surface area contributed by atoms with Gasteiger partial charge in [-0.25, -0.2) is 0 Å². The van der Waals surface area contributed by atoms with Crippen LogP contribution in [0.15, 0.2) is 18.2 Å². The van der Waals surface area contributed by atoms with Gasteiger partial charge in [0.1, 0.15) is 11.1 Å². The van der Waals surface area contributed by atoms with Gasteiger partial charge in [-0.15, -0.1) is 10.2 Å². The van der Waals surface area contributed by atoms with E-state index in [0.29, 0.717) is 10.7 Å². The number of rotatable bonds is 2. The van der Waals surface area contributed by atoms with E-state index in [1.807, 2.05) is 12.1 Å². The summed E-state index contributed by atoms with van der Waals surface area (Å²) in [5.74, 6) is 0.770. The van der Waals surface area contributed by atoms with Gasteiger partial charge in [0.15, 0.2) is 5.82 Å². The fourth-order valence-corrected chi connectivity index (χ4v) is 3.41. The first-order valence-electron chi connectivity index (χ1n) is 6.61. The maximum absolute atomic E-state index is 6.07. The molecule has 0 radical (unpaired) electrons. The first-order chi connectivity index (χ1) is 10.2. The van der Waals surface area contributed by atoms with Crippen molar-refractivity contribution in [3.8, 4) is 10.6 Å². The number of nitrogens with zero attached hydrogens (tertiary/aromatic N) is 4. The van der Waals surface area contributed by atoms with Gasteiger partial charge in [0.05, 0.1) is 10.7 Å². The predicted octanol–water partition coefficient (Wildman–Crippen LogP) is 2.94. The van der Waals surface area contributed by atoms with Gasteiger partial charge in [0.2, 0.25) is 4.96 Å². The molecule has 0 spiro atoms. The number of nitrogens with two attached hydrogens (primary N) is 1. The van der Waals surface area contributed by atoms with E-state index in [9.17, 15) is 0 Å². The number of anilines is 1. The molecule has 1 fully saturated rings. The summed E-state index contributed by atoms with van der Waals surface area (Å²) in [6.07, 6.45) is 2.00. The topological polar surface area (TPSA) is 78.3 Å². The molecule has 2 aromatic heterocycles. The number of halogens is 1. The standard InChI is InChI=1S/C13H12ClN5OS/c14-8-6-7(3-4-9(8)15)12-18-19-11(10-2-1-5-20-10)16-17-13(19)21-12/h3-4,6,10H,1-2,5,15H2. The summed E-state index contributed by atoms with van der Waals surface area (Å²) in [7, 11) is 0. The smallest absolute Gasteiger partial charge is 0.235 e. The Morgan fingerprint density at radius 1 is 1.38 bits per heavy atom. The molecule has 8 heteroatoms. The number of hydrogen-bond acceptors (Lipinski definition) is 6. The van der Waals surface area contributed by atoms with Gasteiger partial charge in [-0.05, 0) is 31.0 Å². The zero-order valence-electron chi connectivity index (χ0n) is 11.0. The van der Waals surface area contributed by atoms with Gasteiger partial charge >= 0.3 is 0 Å². The maximum atomic E-state index is 6.07. The van der Waals surface area contributed by atoms with E-state index in [4.69, 9.17) is 22.1 Å². The number of aromatic nitrogens is 4. The molecular formula is C13H12ClN5OS. The van der Waals surface area contributed by atoms with Crippen molar-refractivity contribution < 1.29 is 4.74 Å². The molecule has 0 bridgehead atoms. The Morgan fingerprint density at radius 2 is 2.29 bits per heavy atom. The highest BCUT2D eigenvalue weighted by Gasteiger charge is 2.25. The number of benzene rings is 1. The first-order valence-corrected chi connectivity index (χ1v) is 7.81. The van der Waals surface area contributed by atoms with E-state index >= 15 is 0 Å². The van der Waals surface area contributed by atoms with Crippen molar-refractivity contribution in [3.63, 3.8) is 0 Å². The van der Waals surface area contributed by atoms with Crippen molar-refractivity contribution in [2.45, 2.75) is 18.9 Å². The Balaban J connectivity index is 1.78. The zero-order valence-corrected chi connectivity index (χ0v) is 12.6. The molecule has 1 saturated heterocycles. The maximum Gasteiger partial charge on any atom is 0.235 e. The van der Waals surface area contributed by atoms with Crippen molar-refractivity contribution in [2.24, 2.45) is 0 Å². The van der Waals surface area contributed by atoms with Crippen molar-refractivity contribution in [3.05, 3.63) is 29.0 Å². The highest BCUT2D eigenvalue weighted by atomic mass is 35.5. The SMILES string of the molecule is Nc1ccc(-c2nn3c(C4CCCO4)nnc3s2)cc1Cl. The predicted molar refractivity (Wildman–Crippen MR) is 81.4 cm³/mol. The molecule has 4 rings (SSSR count). The van der Waals surface area contributed by atoms with Crippen LogP contribution < -0.4 is 5.73 Å². The van der Waals surface area contributed by atoms with Crippen molar-refractivity contribution in [2.75, 3.05) is 12.3 Å². The van der Waals surface area contributed by atoms with Crippen LogP contribution >= 0.6 is 22.9 Å². The van der Waals surface area contributed by atoms with Crippen molar-refractivity contribution in [1.29, 1.82) is 0 Å². The van der Waals surface area contributed by atoms with Crippen molar-refractivity contribution in [1.82, 2.24) is 19.8 Å². The van der Waals surface area contributed by atoms with Gasteiger partial charge in [0.25, 0.3) is 0 Å². The molecule has 2 N–H and O–H groups in total. The summed E-state index contributed by atoms with van der Waals surface area (Å²) in [4.78, 5) is 0.753. The molecule has 21 heavy (non-hydrogen) atoms. The van der Waals surface area contributed by atoms with Crippen LogP contribution in [0.2, 0.25) is 5.02 Å². The third-order valence-corrected chi connectivity index (χ3v) is 4.76. The second-order valence-electron chi connectivity index (χ2n) is 4.90. The quantitative estimate of drug-likeness (QED) is 0.734. The monoisotopic (exact) mass is 321 g/mol. The van der Waals surface area contributed by atoms with Crippen LogP contribution in [0.3, 0.4) is 0 Å². The largest absolute Gasteiger partial charge is 0.398 e. The molecule has 108 valence electrons. The third-order valence-electron chi connectivity index (χ3n) is 3.48. The van der Waals surface area contributed by atoms with Gasteiger partial charge in [-0.3, -0.25) is 0 Å². The van der Waals surface area contributed by atoms with Gasteiger partial charge in [0, 0.05) is 12.2 Å². The lowest BCUT2D eigenvalue weighted by atomic mass is 10.2. The summed E-state index contributed by atoms with van der Waals surface area (Å²) in [6.45, 7) is 0.768. The van der Waals surface area contributed by atoms with Crippen molar-refractivity contribution >= 4 is 33.6 Å². The molecule has 0 amide bonds. The fraction of sp³-hybridized carbons (Fsp3) is 0.308. The molecule has 1 aliphatic rings. The van der Waals surface area contributed by atoms with Crippen LogP contribution in [-0.4, -0.2) is 26.4 Å². The average Bonchev–Trinajstić information content (AvgIpc) is 3.16. The number of ether oxygens (including phenoxy) is 1. The Hall–Kier alpha value is -1.70. The molecule has 1 atom stereocenters. The fourth-order valence-electron chi connectivity index (χ4n) is 2.39. The Morgan fingerprint density at radius 3 is 3.05 bits per heavy atom. The lowest BCUT2D eigenvalue weighted by molar-refractivity contribution is 0.103. The number of hydrogen-bond donors (Lipinski definition) is 1. The second-order valence-corrected chi connectivity index (χ2v) is 6.26. The van der Waals surface area contributed by atoms with E-state index in [0.717, 1.165) is 40.8 Å². The van der Waals surface area contributed by atoms with E-state index in [1.54, 1.807) is 10.6 Å². The minimum absolute atomic E-state index is 0.00930. The Bertz CT molecular complexity index is 808. The summed E-state index contributed by atoms with van der Waals surface area (Å²) >= 11 is 7.54. The van der Waals surface area contributed by atoms with Crippen LogP contribution in [0, 0.1) is 0 Å². The minimum atomic E-state index is -0.00930. The summed E-state index contributed by atoms with van der Waals surface area (Å²) in [5, 5.41) is 14.3. The molecule has 0 saturated carbocycles. The highest BCUT2D eigenvalue weighted by molar-refractivity contribution is 7.19. The normalized spacial score (nSPS) is 18.6. The van der Waals surface area contributed by atoms with E-state index in [-0.39, 0.29) is 6.10 Å². The molecule has 1 aliphatic heterocycles. The molecule has 3 heterocycles. The van der Waals surface area contributed by atoms with E-state index in [1.165, 1.54) is 11.3 Å². The molecular weight excluding hydrogens is 310 g/mol. The molecule has 3 aromatic rings. The molecule has 1 aromatic carbocycles. The summed E-state index contributed by atoms with van der Waals surface area (Å²) in [5.41, 5.74) is 7.21. The summed E-state index contributed by atoms with van der Waals surface area (Å²) in [6, 6.07) is 5.49. The van der Waals surface area contributed by atoms with Gasteiger partial charge in [-0.2, -0.15) is 9.61 Å². The number of nitrogen functional groups attached to an aromatic ring is 1. The van der Waals surface area contributed by atoms with Crippen LogP contribution in [0.1, 0.15) is 24.8 Å². The molecule has 0 aliphatic carbocycles. The van der Waals surface area contributed by atoms with Gasteiger partial charge in [-0.1, -0.05) is 22.9 Å². The minimum Gasteiger partial charge on any atom is -0.398 e. The zero-order chi connectivity index (χ0) is 14.4.